The van der Waals surface area contributed by atoms with Gasteiger partial charge in [0.1, 0.15) is 6.10 Å². The molecule has 1 heterocycles. The first-order valence-electron chi connectivity index (χ1n) is 4.60. The molecule has 0 saturated heterocycles. The Kier molecular flexibility index (Phi) is 4.36. The number of nitrogens with one attached hydrogen (secondary N) is 1. The van der Waals surface area contributed by atoms with E-state index < -0.39 is 12.2 Å². The minimum absolute atomic E-state index is 0.270. The van der Waals surface area contributed by atoms with Gasteiger partial charge in [-0.25, -0.2) is 0 Å². The van der Waals surface area contributed by atoms with E-state index in [1.54, 1.807) is 7.05 Å². The Morgan fingerprint density at radius 2 is 2.27 bits per heavy atom. The molecule has 0 aromatic carbocycles. The van der Waals surface area contributed by atoms with Gasteiger partial charge < -0.3 is 15.5 Å². The maximum atomic E-state index is 10.5. The first kappa shape index (κ1) is 11.8. The molecule has 0 radical (unpaired) electrons. The number of rotatable bonds is 5. The normalized spacial score (nSPS) is 14.6. The van der Waals surface area contributed by atoms with Crippen LogP contribution < -0.4 is 5.32 Å². The number of hydrogen-bond acceptors (Lipinski definition) is 5. The van der Waals surface area contributed by atoms with Crippen LogP contribution in [0.4, 0.5) is 0 Å². The third-order valence-corrected chi connectivity index (χ3v) is 2.04. The van der Waals surface area contributed by atoms with Crippen LogP contribution in [0.5, 0.6) is 0 Å². The van der Waals surface area contributed by atoms with Crippen molar-refractivity contribution in [3.05, 3.63) is 29.6 Å². The van der Waals surface area contributed by atoms with Gasteiger partial charge in [-0.2, -0.15) is 0 Å². The summed E-state index contributed by atoms with van der Waals surface area (Å²) in [5.74, 6) is 0. The summed E-state index contributed by atoms with van der Waals surface area (Å²) >= 11 is 0. The predicted octanol–water partition coefficient (Wildman–Crippen LogP) is -0.492. The molecule has 0 fully saturated rings. The summed E-state index contributed by atoms with van der Waals surface area (Å²) in [5, 5.41) is 21.9. The van der Waals surface area contributed by atoms with E-state index in [9.17, 15) is 15.0 Å². The van der Waals surface area contributed by atoms with Crippen molar-refractivity contribution in [2.24, 2.45) is 0 Å². The van der Waals surface area contributed by atoms with E-state index in [0.717, 1.165) is 0 Å². The Balaban J connectivity index is 2.80. The fourth-order valence-corrected chi connectivity index (χ4v) is 1.25. The molecular weight excluding hydrogens is 196 g/mol. The molecular formula is C10H14N2O3. The van der Waals surface area contributed by atoms with Crippen LogP contribution in [0.2, 0.25) is 0 Å². The lowest BCUT2D eigenvalue weighted by Gasteiger charge is -2.17. The number of nitrogens with zero attached hydrogens (tertiary/aromatic N) is 1. The minimum Gasteiger partial charge on any atom is -0.389 e. The second kappa shape index (κ2) is 5.55. The molecule has 0 aliphatic rings. The summed E-state index contributed by atoms with van der Waals surface area (Å²) < 4.78 is 0. The molecule has 2 unspecified atom stereocenters. The molecule has 82 valence electrons. The zero-order valence-corrected chi connectivity index (χ0v) is 8.42. The molecule has 0 amide bonds. The molecule has 5 nitrogen and oxygen atoms in total. The number of aldehydes is 1. The van der Waals surface area contributed by atoms with Crippen molar-refractivity contribution in [3.8, 4) is 0 Å². The second-order valence-corrected chi connectivity index (χ2v) is 3.24. The molecule has 0 bridgehead atoms. The Morgan fingerprint density at radius 3 is 2.87 bits per heavy atom. The number of aliphatic hydroxyl groups is 2. The van der Waals surface area contributed by atoms with Crippen molar-refractivity contribution >= 4 is 6.29 Å². The molecule has 1 aromatic rings. The molecule has 1 rings (SSSR count). The third-order valence-electron chi connectivity index (χ3n) is 2.04. The van der Waals surface area contributed by atoms with Crippen molar-refractivity contribution < 1.29 is 15.0 Å². The standard InChI is InChI=1S/C10H14N2O3/c1-11-5-9(14)10(15)8-2-7(6-13)3-12-4-8/h2-4,6,9-11,14-15H,5H2,1H3. The number of carbonyl (C=O) groups excluding carboxylic acids is 1. The van der Waals surface area contributed by atoms with Gasteiger partial charge in [0.15, 0.2) is 6.29 Å². The number of aromatic nitrogens is 1. The lowest BCUT2D eigenvalue weighted by molar-refractivity contribution is 0.0200. The summed E-state index contributed by atoms with van der Waals surface area (Å²) in [6.45, 7) is 0.270. The maximum absolute atomic E-state index is 10.5. The first-order chi connectivity index (χ1) is 7.19. The van der Waals surface area contributed by atoms with Crippen molar-refractivity contribution in [2.45, 2.75) is 12.2 Å². The lowest BCUT2D eigenvalue weighted by Crippen LogP contribution is -2.29. The minimum atomic E-state index is -1.04. The van der Waals surface area contributed by atoms with Gasteiger partial charge in [-0.3, -0.25) is 9.78 Å². The molecule has 15 heavy (non-hydrogen) atoms. The third kappa shape index (κ3) is 3.09. The van der Waals surface area contributed by atoms with Crippen LogP contribution in [0, 0.1) is 0 Å². The summed E-state index contributed by atoms with van der Waals surface area (Å²) in [4.78, 5) is 14.3. The van der Waals surface area contributed by atoms with Gasteiger partial charge in [-0.1, -0.05) is 0 Å². The van der Waals surface area contributed by atoms with Crippen molar-refractivity contribution in [1.29, 1.82) is 0 Å². The van der Waals surface area contributed by atoms with Gasteiger partial charge in [0.05, 0.1) is 6.10 Å². The fraction of sp³-hybridized carbons (Fsp3) is 0.400. The van der Waals surface area contributed by atoms with E-state index in [4.69, 9.17) is 0 Å². The molecule has 5 heteroatoms. The highest BCUT2D eigenvalue weighted by Crippen LogP contribution is 2.16. The molecule has 2 atom stereocenters. The van der Waals surface area contributed by atoms with Gasteiger partial charge in [0, 0.05) is 30.1 Å². The Labute approximate surface area is 87.8 Å². The Bertz CT molecular complexity index is 330. The van der Waals surface area contributed by atoms with Crippen LogP contribution in [-0.4, -0.2) is 41.2 Å². The number of pyridine rings is 1. The maximum Gasteiger partial charge on any atom is 0.151 e. The molecule has 0 aliphatic carbocycles. The van der Waals surface area contributed by atoms with Crippen LogP contribution in [0.3, 0.4) is 0 Å². The van der Waals surface area contributed by atoms with Crippen LogP contribution >= 0.6 is 0 Å². The Hall–Kier alpha value is -1.30. The SMILES string of the molecule is CNCC(O)C(O)c1cncc(C=O)c1. The smallest absolute Gasteiger partial charge is 0.151 e. The summed E-state index contributed by atoms with van der Waals surface area (Å²) in [5.41, 5.74) is 0.811. The molecule has 0 aliphatic heterocycles. The monoisotopic (exact) mass is 210 g/mol. The van der Waals surface area contributed by atoms with Gasteiger partial charge >= 0.3 is 0 Å². The number of hydrogen-bond donors (Lipinski definition) is 3. The Morgan fingerprint density at radius 1 is 1.53 bits per heavy atom. The molecule has 1 aromatic heterocycles. The highest BCUT2D eigenvalue weighted by atomic mass is 16.3. The van der Waals surface area contributed by atoms with Crippen molar-refractivity contribution in [3.63, 3.8) is 0 Å². The van der Waals surface area contributed by atoms with E-state index >= 15 is 0 Å². The zero-order chi connectivity index (χ0) is 11.3. The van der Waals surface area contributed by atoms with E-state index in [0.29, 0.717) is 17.4 Å². The van der Waals surface area contributed by atoms with Crippen LogP contribution in [-0.2, 0) is 0 Å². The average molecular weight is 210 g/mol. The van der Waals surface area contributed by atoms with Crippen molar-refractivity contribution in [1.82, 2.24) is 10.3 Å². The zero-order valence-electron chi connectivity index (χ0n) is 8.42. The topological polar surface area (TPSA) is 82.4 Å². The first-order valence-corrected chi connectivity index (χ1v) is 4.60. The summed E-state index contributed by atoms with van der Waals surface area (Å²) in [6.07, 6.45) is 1.52. The second-order valence-electron chi connectivity index (χ2n) is 3.24. The number of carbonyl (C=O) groups is 1. The summed E-state index contributed by atoms with van der Waals surface area (Å²) in [7, 11) is 1.68. The molecule has 0 saturated carbocycles. The fourth-order valence-electron chi connectivity index (χ4n) is 1.25. The van der Waals surface area contributed by atoms with Gasteiger partial charge in [-0.15, -0.1) is 0 Å². The average Bonchev–Trinajstić information content (AvgIpc) is 2.28. The number of aliphatic hydroxyl groups excluding tert-OH is 2. The van der Waals surface area contributed by atoms with E-state index in [1.807, 2.05) is 0 Å². The predicted molar refractivity (Wildman–Crippen MR) is 54.5 cm³/mol. The van der Waals surface area contributed by atoms with Crippen LogP contribution in [0.25, 0.3) is 0 Å². The lowest BCUT2D eigenvalue weighted by atomic mass is 10.1. The van der Waals surface area contributed by atoms with Gasteiger partial charge in [0.2, 0.25) is 0 Å². The summed E-state index contributed by atoms with van der Waals surface area (Å²) in [6, 6.07) is 1.50. The van der Waals surface area contributed by atoms with Crippen LogP contribution in [0.1, 0.15) is 22.0 Å². The highest BCUT2D eigenvalue weighted by molar-refractivity contribution is 5.74. The number of likely N-dealkylation sites (N-methyl/N-ethyl adjacent to an activating group) is 1. The highest BCUT2D eigenvalue weighted by Gasteiger charge is 2.17. The van der Waals surface area contributed by atoms with Crippen LogP contribution in [0.15, 0.2) is 18.5 Å². The van der Waals surface area contributed by atoms with Gasteiger partial charge in [-0.05, 0) is 13.1 Å². The van der Waals surface area contributed by atoms with Crippen molar-refractivity contribution in [2.75, 3.05) is 13.6 Å². The largest absolute Gasteiger partial charge is 0.389 e. The van der Waals surface area contributed by atoms with E-state index in [2.05, 4.69) is 10.3 Å². The molecule has 0 spiro atoms. The van der Waals surface area contributed by atoms with E-state index in [1.165, 1.54) is 18.5 Å². The van der Waals surface area contributed by atoms with Gasteiger partial charge in [0.25, 0.3) is 0 Å². The molecule has 3 N–H and O–H groups in total. The van der Waals surface area contributed by atoms with E-state index in [-0.39, 0.29) is 6.54 Å². The quantitative estimate of drug-likeness (QED) is 0.571.